The zero-order valence-electron chi connectivity index (χ0n) is 12.5. The minimum Gasteiger partial charge on any atom is -0.479 e. The highest BCUT2D eigenvalue weighted by atomic mass is 16.5. The number of methoxy groups -OCH3 is 1. The van der Waals surface area contributed by atoms with Crippen molar-refractivity contribution in [2.75, 3.05) is 31.4 Å². The van der Waals surface area contributed by atoms with Crippen molar-refractivity contribution in [3.05, 3.63) is 18.5 Å². The number of carbonyl (C=O) groups is 1. The summed E-state index contributed by atoms with van der Waals surface area (Å²) in [6, 6.07) is 0. The highest BCUT2D eigenvalue weighted by Crippen LogP contribution is 2.44. The van der Waals surface area contributed by atoms with E-state index in [1.54, 1.807) is 0 Å². The Balaban J connectivity index is 1.84. The SMILES string of the molecule is COc1ncnc(N(C)C)c1NC(=O)[C@@H]1C[C@H]2C=C[C@H]1C2. The van der Waals surface area contributed by atoms with Gasteiger partial charge in [-0.2, -0.15) is 4.98 Å². The lowest BCUT2D eigenvalue weighted by Gasteiger charge is -2.21. The molecule has 21 heavy (non-hydrogen) atoms. The number of hydrogen-bond acceptors (Lipinski definition) is 5. The van der Waals surface area contributed by atoms with E-state index in [4.69, 9.17) is 4.74 Å². The smallest absolute Gasteiger partial charge is 0.242 e. The minimum absolute atomic E-state index is 0.0306. The fourth-order valence-corrected chi connectivity index (χ4v) is 3.26. The Morgan fingerprint density at radius 2 is 2.14 bits per heavy atom. The number of amides is 1. The number of hydrogen-bond donors (Lipinski definition) is 1. The van der Waals surface area contributed by atoms with Gasteiger partial charge in [-0.1, -0.05) is 12.2 Å². The lowest BCUT2D eigenvalue weighted by atomic mass is 9.93. The molecule has 0 spiro atoms. The van der Waals surface area contributed by atoms with E-state index in [1.165, 1.54) is 13.4 Å². The van der Waals surface area contributed by atoms with Crippen molar-refractivity contribution in [2.45, 2.75) is 12.8 Å². The molecule has 1 N–H and O–H groups in total. The van der Waals surface area contributed by atoms with Gasteiger partial charge in [-0.25, -0.2) is 4.98 Å². The number of anilines is 2. The lowest BCUT2D eigenvalue weighted by molar-refractivity contribution is -0.120. The van der Waals surface area contributed by atoms with Gasteiger partial charge in [-0.3, -0.25) is 4.79 Å². The Labute approximate surface area is 124 Å². The summed E-state index contributed by atoms with van der Waals surface area (Å²) in [7, 11) is 5.28. The molecular formula is C15H20N4O2. The van der Waals surface area contributed by atoms with Crippen molar-refractivity contribution in [2.24, 2.45) is 17.8 Å². The Morgan fingerprint density at radius 3 is 2.71 bits per heavy atom. The van der Waals surface area contributed by atoms with Crippen LogP contribution in [0, 0.1) is 17.8 Å². The third-order valence-corrected chi connectivity index (χ3v) is 4.27. The Morgan fingerprint density at radius 1 is 1.33 bits per heavy atom. The highest BCUT2D eigenvalue weighted by molar-refractivity contribution is 5.97. The normalized spacial score (nSPS) is 26.0. The molecule has 6 heteroatoms. The van der Waals surface area contributed by atoms with Crippen LogP contribution in [0.1, 0.15) is 12.8 Å². The predicted molar refractivity (Wildman–Crippen MR) is 80.4 cm³/mol. The van der Waals surface area contributed by atoms with E-state index in [2.05, 4.69) is 27.4 Å². The quantitative estimate of drug-likeness (QED) is 0.854. The molecule has 3 atom stereocenters. The first-order valence-electron chi connectivity index (χ1n) is 7.15. The lowest BCUT2D eigenvalue weighted by Crippen LogP contribution is -2.27. The molecule has 2 bridgehead atoms. The summed E-state index contributed by atoms with van der Waals surface area (Å²) in [5, 5.41) is 2.97. The number of nitrogens with one attached hydrogen (secondary N) is 1. The third-order valence-electron chi connectivity index (χ3n) is 4.27. The van der Waals surface area contributed by atoms with Crippen molar-refractivity contribution in [1.82, 2.24) is 9.97 Å². The largest absolute Gasteiger partial charge is 0.479 e. The maximum atomic E-state index is 12.6. The van der Waals surface area contributed by atoms with Crippen molar-refractivity contribution in [3.63, 3.8) is 0 Å². The van der Waals surface area contributed by atoms with Crippen molar-refractivity contribution >= 4 is 17.4 Å². The van der Waals surface area contributed by atoms with Gasteiger partial charge >= 0.3 is 0 Å². The number of rotatable bonds is 4. The number of allylic oxidation sites excluding steroid dienone is 2. The summed E-state index contributed by atoms with van der Waals surface area (Å²) in [6.07, 6.45) is 7.86. The van der Waals surface area contributed by atoms with Gasteiger partial charge < -0.3 is 15.0 Å². The number of fused-ring (bicyclic) bond motifs is 2. The van der Waals surface area contributed by atoms with Gasteiger partial charge in [-0.15, -0.1) is 0 Å². The summed E-state index contributed by atoms with van der Waals surface area (Å²) in [6.45, 7) is 0. The first-order valence-corrected chi connectivity index (χ1v) is 7.15. The maximum absolute atomic E-state index is 12.6. The molecule has 0 unspecified atom stereocenters. The standard InChI is InChI=1S/C15H20N4O2/c1-19(2)13-12(15(21-3)17-8-16-13)18-14(20)11-7-9-4-5-10(11)6-9/h4-5,8-11H,6-7H2,1-3H3,(H,18,20)/t9-,10-,11+/m0/s1. The fourth-order valence-electron chi connectivity index (χ4n) is 3.26. The molecule has 1 aromatic rings. The topological polar surface area (TPSA) is 67.4 Å². The van der Waals surface area contributed by atoms with Crippen LogP contribution in [0.25, 0.3) is 0 Å². The zero-order valence-corrected chi connectivity index (χ0v) is 12.5. The Bertz CT molecular complexity index is 585. The van der Waals surface area contributed by atoms with Crippen molar-refractivity contribution < 1.29 is 9.53 Å². The monoisotopic (exact) mass is 288 g/mol. The molecule has 0 saturated heterocycles. The van der Waals surface area contributed by atoms with Crippen LogP contribution in [0.5, 0.6) is 5.88 Å². The number of ether oxygens (including phenoxy) is 1. The van der Waals surface area contributed by atoms with Gasteiger partial charge in [0, 0.05) is 20.0 Å². The number of aromatic nitrogens is 2. The van der Waals surface area contributed by atoms with Crippen molar-refractivity contribution in [1.29, 1.82) is 0 Å². The van der Waals surface area contributed by atoms with Crippen LogP contribution in [0.2, 0.25) is 0 Å². The summed E-state index contributed by atoms with van der Waals surface area (Å²) < 4.78 is 5.26. The van der Waals surface area contributed by atoms with Gasteiger partial charge in [0.05, 0.1) is 7.11 Å². The summed E-state index contributed by atoms with van der Waals surface area (Å²) in [4.78, 5) is 22.7. The molecule has 1 aromatic heterocycles. The van der Waals surface area contributed by atoms with Gasteiger partial charge in [0.2, 0.25) is 11.8 Å². The molecule has 0 aromatic carbocycles. The zero-order chi connectivity index (χ0) is 15.0. The van der Waals surface area contributed by atoms with Gasteiger partial charge in [0.15, 0.2) is 5.82 Å². The minimum atomic E-state index is 0.0306. The molecule has 2 aliphatic carbocycles. The van der Waals surface area contributed by atoms with Crippen LogP contribution < -0.4 is 15.0 Å². The molecule has 1 amide bonds. The van der Waals surface area contributed by atoms with Crippen LogP contribution in [0.3, 0.4) is 0 Å². The van der Waals surface area contributed by atoms with E-state index in [-0.39, 0.29) is 11.8 Å². The molecule has 1 fully saturated rings. The average Bonchev–Trinajstić information content (AvgIpc) is 3.09. The summed E-state index contributed by atoms with van der Waals surface area (Å²) >= 11 is 0. The second-order valence-corrected chi connectivity index (χ2v) is 5.85. The number of carbonyl (C=O) groups excluding carboxylic acids is 1. The van der Waals surface area contributed by atoms with Gasteiger partial charge in [0.25, 0.3) is 0 Å². The first kappa shape index (κ1) is 13.9. The second kappa shape index (κ2) is 5.35. The predicted octanol–water partition coefficient (Wildman–Crippen LogP) is 1.70. The van der Waals surface area contributed by atoms with Gasteiger partial charge in [-0.05, 0) is 24.7 Å². The Kier molecular flexibility index (Phi) is 3.53. The van der Waals surface area contributed by atoms with E-state index < -0.39 is 0 Å². The maximum Gasteiger partial charge on any atom is 0.242 e. The molecule has 1 saturated carbocycles. The molecule has 0 radical (unpaired) electrons. The van der Waals surface area contributed by atoms with Crippen LogP contribution in [-0.4, -0.2) is 37.1 Å². The highest BCUT2D eigenvalue weighted by Gasteiger charge is 2.40. The van der Waals surface area contributed by atoms with Crippen LogP contribution in [-0.2, 0) is 4.79 Å². The summed E-state index contributed by atoms with van der Waals surface area (Å²) in [5.41, 5.74) is 0.543. The van der Waals surface area contributed by atoms with Crippen molar-refractivity contribution in [3.8, 4) is 5.88 Å². The van der Waals surface area contributed by atoms with Gasteiger partial charge in [0.1, 0.15) is 12.0 Å². The Hall–Kier alpha value is -2.11. The molecule has 6 nitrogen and oxygen atoms in total. The van der Waals surface area contributed by atoms with E-state index in [0.717, 1.165) is 12.8 Å². The number of nitrogens with zero attached hydrogens (tertiary/aromatic N) is 3. The molecule has 0 aliphatic heterocycles. The average molecular weight is 288 g/mol. The third kappa shape index (κ3) is 2.46. The van der Waals surface area contributed by atoms with E-state index >= 15 is 0 Å². The second-order valence-electron chi connectivity index (χ2n) is 5.85. The molecule has 112 valence electrons. The van der Waals surface area contributed by atoms with E-state index in [0.29, 0.717) is 29.2 Å². The molecular weight excluding hydrogens is 268 g/mol. The fraction of sp³-hybridized carbons (Fsp3) is 0.533. The first-order chi connectivity index (χ1) is 10.1. The van der Waals surface area contributed by atoms with Crippen LogP contribution in [0.4, 0.5) is 11.5 Å². The van der Waals surface area contributed by atoms with Crippen LogP contribution in [0.15, 0.2) is 18.5 Å². The molecule has 2 aliphatic rings. The van der Waals surface area contributed by atoms with E-state index in [9.17, 15) is 4.79 Å². The van der Waals surface area contributed by atoms with E-state index in [1.807, 2.05) is 19.0 Å². The molecule has 1 heterocycles. The van der Waals surface area contributed by atoms with Crippen LogP contribution >= 0.6 is 0 Å². The molecule has 3 rings (SSSR count). The summed E-state index contributed by atoms with van der Waals surface area (Å²) in [5.74, 6) is 2.04.